The highest BCUT2D eigenvalue weighted by Crippen LogP contribution is 2.12. The zero-order chi connectivity index (χ0) is 12.1. The van der Waals surface area contributed by atoms with Crippen LogP contribution in [0.3, 0.4) is 0 Å². The Kier molecular flexibility index (Phi) is 5.94. The Bertz CT molecular complexity index is 235. The SMILES string of the molecule is CCCC1CN(CC(C)S(C)=O)C(C)CN1. The first-order valence-corrected chi connectivity index (χ1v) is 7.96. The molecule has 1 saturated heterocycles. The topological polar surface area (TPSA) is 32.3 Å². The molecule has 96 valence electrons. The average Bonchev–Trinajstić information content (AvgIpc) is 2.23. The molecule has 1 N–H and O–H groups in total. The summed E-state index contributed by atoms with van der Waals surface area (Å²) in [6, 6.07) is 1.19. The lowest BCUT2D eigenvalue weighted by atomic mass is 10.1. The summed E-state index contributed by atoms with van der Waals surface area (Å²) in [5, 5.41) is 3.87. The van der Waals surface area contributed by atoms with Crippen LogP contribution in [0.4, 0.5) is 0 Å². The molecule has 0 spiro atoms. The van der Waals surface area contributed by atoms with Crippen LogP contribution in [0, 0.1) is 0 Å². The minimum absolute atomic E-state index is 0.280. The van der Waals surface area contributed by atoms with Gasteiger partial charge in [-0.3, -0.25) is 9.11 Å². The second-order valence-corrected chi connectivity index (χ2v) is 6.81. The maximum atomic E-state index is 11.4. The first kappa shape index (κ1) is 14.1. The van der Waals surface area contributed by atoms with Gasteiger partial charge in [0.1, 0.15) is 0 Å². The highest BCUT2D eigenvalue weighted by atomic mass is 32.2. The molecule has 0 aromatic carbocycles. The highest BCUT2D eigenvalue weighted by molar-refractivity contribution is 7.84. The van der Waals surface area contributed by atoms with Crippen LogP contribution in [0.2, 0.25) is 0 Å². The van der Waals surface area contributed by atoms with Crippen LogP contribution < -0.4 is 5.32 Å². The van der Waals surface area contributed by atoms with E-state index in [1.165, 1.54) is 12.8 Å². The fourth-order valence-electron chi connectivity index (χ4n) is 2.23. The number of nitrogens with one attached hydrogen (secondary N) is 1. The highest BCUT2D eigenvalue weighted by Gasteiger charge is 2.25. The lowest BCUT2D eigenvalue weighted by molar-refractivity contribution is 0.138. The molecule has 1 aliphatic rings. The summed E-state index contributed by atoms with van der Waals surface area (Å²) in [6.45, 7) is 9.70. The van der Waals surface area contributed by atoms with Crippen LogP contribution in [-0.2, 0) is 10.8 Å². The summed E-state index contributed by atoms with van der Waals surface area (Å²) in [4.78, 5) is 2.49. The van der Waals surface area contributed by atoms with Crippen molar-refractivity contribution in [2.45, 2.75) is 50.9 Å². The van der Waals surface area contributed by atoms with Gasteiger partial charge in [0.15, 0.2) is 0 Å². The van der Waals surface area contributed by atoms with E-state index < -0.39 is 10.8 Å². The van der Waals surface area contributed by atoms with E-state index in [2.05, 4.69) is 31.0 Å². The summed E-state index contributed by atoms with van der Waals surface area (Å²) >= 11 is 0. The molecule has 0 radical (unpaired) electrons. The molecule has 16 heavy (non-hydrogen) atoms. The fourth-order valence-corrected chi connectivity index (χ4v) is 2.63. The monoisotopic (exact) mass is 246 g/mol. The lowest BCUT2D eigenvalue weighted by Crippen LogP contribution is -2.56. The first-order valence-electron chi connectivity index (χ1n) is 6.34. The summed E-state index contributed by atoms with van der Waals surface area (Å²) in [7, 11) is -0.704. The van der Waals surface area contributed by atoms with Crippen LogP contribution >= 0.6 is 0 Å². The normalized spacial score (nSPS) is 31.2. The lowest BCUT2D eigenvalue weighted by Gasteiger charge is -2.39. The number of hydrogen-bond acceptors (Lipinski definition) is 3. The van der Waals surface area contributed by atoms with Crippen LogP contribution in [0.25, 0.3) is 0 Å². The van der Waals surface area contributed by atoms with Gasteiger partial charge >= 0.3 is 0 Å². The fraction of sp³-hybridized carbons (Fsp3) is 1.00. The Balaban J connectivity index is 2.46. The molecule has 0 amide bonds. The zero-order valence-electron chi connectivity index (χ0n) is 11.0. The quantitative estimate of drug-likeness (QED) is 0.791. The van der Waals surface area contributed by atoms with Gasteiger partial charge in [-0.1, -0.05) is 13.3 Å². The van der Waals surface area contributed by atoms with Gasteiger partial charge in [-0.05, 0) is 20.3 Å². The van der Waals surface area contributed by atoms with Gasteiger partial charge in [0, 0.05) is 54.0 Å². The summed E-state index contributed by atoms with van der Waals surface area (Å²) in [6.07, 6.45) is 4.28. The van der Waals surface area contributed by atoms with E-state index >= 15 is 0 Å². The van der Waals surface area contributed by atoms with E-state index in [4.69, 9.17) is 0 Å². The molecule has 3 nitrogen and oxygen atoms in total. The minimum Gasteiger partial charge on any atom is -0.311 e. The number of nitrogens with zero attached hydrogens (tertiary/aromatic N) is 1. The molecule has 0 aromatic rings. The van der Waals surface area contributed by atoms with Crippen LogP contribution in [0.1, 0.15) is 33.6 Å². The predicted octanol–water partition coefficient (Wildman–Crippen LogP) is 1.22. The van der Waals surface area contributed by atoms with Crippen molar-refractivity contribution in [3.05, 3.63) is 0 Å². The first-order chi connectivity index (χ1) is 7.54. The van der Waals surface area contributed by atoms with Crippen molar-refractivity contribution in [1.82, 2.24) is 10.2 Å². The molecule has 1 aliphatic heterocycles. The van der Waals surface area contributed by atoms with Gasteiger partial charge in [0.25, 0.3) is 0 Å². The average molecular weight is 246 g/mol. The van der Waals surface area contributed by atoms with Gasteiger partial charge in [0.2, 0.25) is 0 Å². The molecule has 1 rings (SSSR count). The Morgan fingerprint density at radius 3 is 2.81 bits per heavy atom. The van der Waals surface area contributed by atoms with Crippen molar-refractivity contribution in [1.29, 1.82) is 0 Å². The van der Waals surface area contributed by atoms with E-state index in [9.17, 15) is 4.21 Å². The molecule has 0 saturated carbocycles. The predicted molar refractivity (Wildman–Crippen MR) is 71.3 cm³/mol. The van der Waals surface area contributed by atoms with Crippen molar-refractivity contribution in [2.75, 3.05) is 25.9 Å². The van der Waals surface area contributed by atoms with Crippen LogP contribution in [0.5, 0.6) is 0 Å². The number of rotatable bonds is 5. The number of piperazine rings is 1. The maximum Gasteiger partial charge on any atom is 0.0444 e. The van der Waals surface area contributed by atoms with E-state index in [0.29, 0.717) is 12.1 Å². The van der Waals surface area contributed by atoms with Crippen LogP contribution in [0.15, 0.2) is 0 Å². The third-order valence-corrected chi connectivity index (χ3v) is 4.76. The minimum atomic E-state index is -0.704. The summed E-state index contributed by atoms with van der Waals surface area (Å²) in [5.41, 5.74) is 0. The Hall–Kier alpha value is 0.0700. The van der Waals surface area contributed by atoms with E-state index in [1.54, 1.807) is 6.26 Å². The van der Waals surface area contributed by atoms with Gasteiger partial charge in [-0.2, -0.15) is 0 Å². The van der Waals surface area contributed by atoms with Gasteiger partial charge < -0.3 is 5.32 Å². The molecule has 4 atom stereocenters. The van der Waals surface area contributed by atoms with E-state index in [1.807, 2.05) is 0 Å². The molecular formula is C12H26N2OS. The molecule has 0 bridgehead atoms. The molecule has 4 unspecified atom stereocenters. The smallest absolute Gasteiger partial charge is 0.0444 e. The number of hydrogen-bond donors (Lipinski definition) is 1. The van der Waals surface area contributed by atoms with Crippen molar-refractivity contribution in [3.63, 3.8) is 0 Å². The second kappa shape index (κ2) is 6.72. The molecular weight excluding hydrogens is 220 g/mol. The second-order valence-electron chi connectivity index (χ2n) is 5.01. The molecule has 0 aliphatic carbocycles. The van der Waals surface area contributed by atoms with Crippen molar-refractivity contribution in [2.24, 2.45) is 0 Å². The molecule has 1 heterocycles. The Labute approximate surface area is 102 Å². The van der Waals surface area contributed by atoms with Gasteiger partial charge in [-0.15, -0.1) is 0 Å². The van der Waals surface area contributed by atoms with Crippen LogP contribution in [-0.4, -0.2) is 52.3 Å². The van der Waals surface area contributed by atoms with Gasteiger partial charge in [-0.25, -0.2) is 0 Å². The van der Waals surface area contributed by atoms with Crippen molar-refractivity contribution < 1.29 is 4.21 Å². The van der Waals surface area contributed by atoms with Crippen molar-refractivity contribution in [3.8, 4) is 0 Å². The largest absolute Gasteiger partial charge is 0.311 e. The van der Waals surface area contributed by atoms with Gasteiger partial charge in [0.05, 0.1) is 0 Å². The molecule has 4 heteroatoms. The van der Waals surface area contributed by atoms with Crippen molar-refractivity contribution >= 4 is 10.8 Å². The summed E-state index contributed by atoms with van der Waals surface area (Å²) in [5.74, 6) is 0. The Morgan fingerprint density at radius 1 is 1.56 bits per heavy atom. The third-order valence-electron chi connectivity index (χ3n) is 3.48. The molecule has 1 fully saturated rings. The third kappa shape index (κ3) is 4.15. The maximum absolute atomic E-state index is 11.4. The zero-order valence-corrected chi connectivity index (χ0v) is 11.8. The van der Waals surface area contributed by atoms with E-state index in [-0.39, 0.29) is 5.25 Å². The molecule has 0 aromatic heterocycles. The summed E-state index contributed by atoms with van der Waals surface area (Å²) < 4.78 is 11.4. The standard InChI is InChI=1S/C12H26N2OS/c1-5-6-12-9-14(10(2)7-13-12)8-11(3)16(4)15/h10-13H,5-9H2,1-4H3. The van der Waals surface area contributed by atoms with E-state index in [0.717, 1.165) is 19.6 Å². The Morgan fingerprint density at radius 2 is 2.25 bits per heavy atom.